The van der Waals surface area contributed by atoms with Crippen molar-refractivity contribution in [2.24, 2.45) is 5.92 Å². The second kappa shape index (κ2) is 6.38. The van der Waals surface area contributed by atoms with Crippen molar-refractivity contribution in [1.82, 2.24) is 0 Å². The third-order valence-electron chi connectivity index (χ3n) is 2.31. The molecule has 82 valence electrons. The van der Waals surface area contributed by atoms with Gasteiger partial charge in [0.2, 0.25) is 0 Å². The van der Waals surface area contributed by atoms with Crippen LogP contribution in [-0.2, 0) is 4.74 Å². The quantitative estimate of drug-likeness (QED) is 0.557. The van der Waals surface area contributed by atoms with Crippen molar-refractivity contribution < 1.29 is 18.2 Å². The first-order valence-corrected chi connectivity index (χ1v) is 5.41. The first kappa shape index (κ1) is 13.9. The van der Waals surface area contributed by atoms with Crippen LogP contribution in [0.5, 0.6) is 0 Å². The summed E-state index contributed by atoms with van der Waals surface area (Å²) in [4.78, 5) is 0. The normalized spacial score (nSPS) is 17.6. The number of ether oxygens (including phenoxy) is 1. The van der Waals surface area contributed by atoms with E-state index in [9.17, 15) is 8.78 Å². The summed E-state index contributed by atoms with van der Waals surface area (Å²) in [5.74, 6) is -0.640. The molecule has 5 heteroatoms. The van der Waals surface area contributed by atoms with Gasteiger partial charge in [-0.3, -0.25) is 4.70 Å². The van der Waals surface area contributed by atoms with Gasteiger partial charge in [-0.1, -0.05) is 19.3 Å². The highest BCUT2D eigenvalue weighted by Crippen LogP contribution is 2.36. The van der Waals surface area contributed by atoms with Gasteiger partial charge in [0.05, 0.1) is 5.92 Å². The third kappa shape index (κ3) is 3.95. The van der Waals surface area contributed by atoms with Gasteiger partial charge in [0.25, 0.3) is 0 Å². The van der Waals surface area contributed by atoms with Gasteiger partial charge in [-0.15, -0.1) is 0 Å². The van der Waals surface area contributed by atoms with E-state index in [1.165, 1.54) is 0 Å². The molecule has 1 aliphatic carbocycles. The van der Waals surface area contributed by atoms with E-state index in [1.54, 1.807) is 22.6 Å². The van der Waals surface area contributed by atoms with Gasteiger partial charge < -0.3 is 4.74 Å². The number of alkyl halides is 2. The van der Waals surface area contributed by atoms with Gasteiger partial charge in [-0.2, -0.15) is 8.78 Å². The number of halogens is 4. The molecule has 0 radical (unpaired) electrons. The highest BCUT2D eigenvalue weighted by atomic mass is 127. The van der Waals surface area contributed by atoms with Gasteiger partial charge in [0.15, 0.2) is 0 Å². The monoisotopic (exact) mass is 320 g/mol. The highest BCUT2D eigenvalue weighted by Gasteiger charge is 2.42. The number of hydrogen-bond donors (Lipinski definition) is 0. The zero-order valence-corrected chi connectivity index (χ0v) is 9.72. The Kier molecular flexibility index (Phi) is 6.33. The second-order valence-electron chi connectivity index (χ2n) is 3.20. The van der Waals surface area contributed by atoms with Crippen LogP contribution in [0.1, 0.15) is 32.1 Å². The summed E-state index contributed by atoms with van der Waals surface area (Å²) in [6.45, 7) is 0. The van der Waals surface area contributed by atoms with Crippen LogP contribution < -0.4 is 0 Å². The van der Waals surface area contributed by atoms with Crippen molar-refractivity contribution in [3.8, 4) is 10.0 Å². The standard InChI is InChI=1S/C9H11F2IO.FH/c10-9(11,13-7-6-12)8-4-2-1-3-5-8;/h8H,1-5H2;1H. The van der Waals surface area contributed by atoms with Crippen LogP contribution in [0.2, 0.25) is 0 Å². The molecule has 0 aliphatic heterocycles. The van der Waals surface area contributed by atoms with Crippen molar-refractivity contribution in [1.29, 1.82) is 0 Å². The Morgan fingerprint density at radius 3 is 2.29 bits per heavy atom. The molecule has 0 heterocycles. The minimum Gasteiger partial charge on any atom is -0.378 e. The Bertz CT molecular complexity index is 216. The predicted molar refractivity (Wildman–Crippen MR) is 56.9 cm³/mol. The van der Waals surface area contributed by atoms with E-state index in [1.807, 2.05) is 6.11 Å². The molecule has 1 rings (SSSR count). The van der Waals surface area contributed by atoms with Crippen LogP contribution in [0.4, 0.5) is 13.5 Å². The van der Waals surface area contributed by atoms with E-state index in [2.05, 4.69) is 8.66 Å². The van der Waals surface area contributed by atoms with Gasteiger partial charge in [0.1, 0.15) is 6.11 Å². The maximum atomic E-state index is 13.2. The molecule has 1 fully saturated rings. The SMILES string of the molecule is F.FC(F)(OC#CI)C1CCCCC1. The molecule has 0 aromatic carbocycles. The first-order chi connectivity index (χ1) is 6.17. The molecule has 0 bridgehead atoms. The van der Waals surface area contributed by atoms with Crippen molar-refractivity contribution in [3.63, 3.8) is 0 Å². The van der Waals surface area contributed by atoms with Crippen molar-refractivity contribution in [2.45, 2.75) is 38.2 Å². The van der Waals surface area contributed by atoms with E-state index in [-0.39, 0.29) is 4.70 Å². The average molecular weight is 320 g/mol. The van der Waals surface area contributed by atoms with Crippen LogP contribution >= 0.6 is 22.6 Å². The van der Waals surface area contributed by atoms with Gasteiger partial charge in [0, 0.05) is 26.5 Å². The lowest BCUT2D eigenvalue weighted by Crippen LogP contribution is -2.31. The molecule has 0 N–H and O–H groups in total. The fourth-order valence-corrected chi connectivity index (χ4v) is 1.72. The fourth-order valence-electron chi connectivity index (χ4n) is 1.61. The summed E-state index contributed by atoms with van der Waals surface area (Å²) in [7, 11) is 0. The predicted octanol–water partition coefficient (Wildman–Crippen LogP) is 3.68. The molecule has 0 atom stereocenters. The molecular formula is C9H12F3IO. The van der Waals surface area contributed by atoms with E-state index in [4.69, 9.17) is 0 Å². The van der Waals surface area contributed by atoms with Crippen molar-refractivity contribution in [2.75, 3.05) is 0 Å². The lowest BCUT2D eigenvalue weighted by molar-refractivity contribution is -0.239. The molecule has 14 heavy (non-hydrogen) atoms. The molecule has 0 unspecified atom stereocenters. The number of rotatable bonds is 2. The van der Waals surface area contributed by atoms with Crippen molar-refractivity contribution >= 4 is 22.6 Å². The minimum atomic E-state index is -3.06. The Labute approximate surface area is 95.1 Å². The van der Waals surface area contributed by atoms with E-state index >= 15 is 0 Å². The van der Waals surface area contributed by atoms with Crippen LogP contribution in [0.3, 0.4) is 0 Å². The smallest absolute Gasteiger partial charge is 0.378 e. The Morgan fingerprint density at radius 2 is 1.79 bits per heavy atom. The average Bonchev–Trinajstić information content (AvgIpc) is 2.16. The first-order valence-electron chi connectivity index (χ1n) is 4.33. The summed E-state index contributed by atoms with van der Waals surface area (Å²) in [6, 6.07) is 0. The molecule has 1 saturated carbocycles. The Balaban J connectivity index is 0.00000169. The lowest BCUT2D eigenvalue weighted by atomic mass is 9.88. The van der Waals surface area contributed by atoms with Crippen LogP contribution in [-0.4, -0.2) is 6.11 Å². The molecule has 0 aromatic rings. The molecule has 0 aromatic heterocycles. The summed E-state index contributed by atoms with van der Waals surface area (Å²) in [6.07, 6.45) is 2.83. The summed E-state index contributed by atoms with van der Waals surface area (Å²) in [5, 5.41) is 0. The minimum absolute atomic E-state index is 0. The molecule has 1 aliphatic rings. The molecule has 0 amide bonds. The third-order valence-corrected chi connectivity index (χ3v) is 2.53. The Hall–Kier alpha value is -0.120. The molecular weight excluding hydrogens is 308 g/mol. The maximum absolute atomic E-state index is 13.2. The molecule has 1 nitrogen and oxygen atoms in total. The van der Waals surface area contributed by atoms with Crippen molar-refractivity contribution in [3.05, 3.63) is 0 Å². The largest absolute Gasteiger partial charge is 0.408 e. The summed E-state index contributed by atoms with van der Waals surface area (Å²) < 4.78 is 32.8. The van der Waals surface area contributed by atoms with Gasteiger partial charge >= 0.3 is 6.11 Å². The summed E-state index contributed by atoms with van der Waals surface area (Å²) >= 11 is 1.68. The molecule has 0 spiro atoms. The maximum Gasteiger partial charge on any atom is 0.408 e. The van der Waals surface area contributed by atoms with Gasteiger partial charge in [-0.25, -0.2) is 0 Å². The van der Waals surface area contributed by atoms with Crippen LogP contribution in [0.15, 0.2) is 0 Å². The highest BCUT2D eigenvalue weighted by molar-refractivity contribution is 14.1. The van der Waals surface area contributed by atoms with E-state index < -0.39 is 12.0 Å². The fraction of sp³-hybridized carbons (Fsp3) is 0.778. The van der Waals surface area contributed by atoms with Crippen LogP contribution in [0.25, 0.3) is 0 Å². The number of hydrogen-bond acceptors (Lipinski definition) is 1. The Morgan fingerprint density at radius 1 is 1.21 bits per heavy atom. The zero-order valence-electron chi connectivity index (χ0n) is 7.56. The lowest BCUT2D eigenvalue weighted by Gasteiger charge is -2.27. The van der Waals surface area contributed by atoms with Gasteiger partial charge in [-0.05, 0) is 12.8 Å². The second-order valence-corrected chi connectivity index (χ2v) is 3.73. The van der Waals surface area contributed by atoms with E-state index in [0.29, 0.717) is 12.8 Å². The zero-order chi connectivity index (χ0) is 9.73. The topological polar surface area (TPSA) is 9.23 Å². The molecule has 0 saturated heterocycles. The van der Waals surface area contributed by atoms with E-state index in [0.717, 1.165) is 19.3 Å². The summed E-state index contributed by atoms with van der Waals surface area (Å²) in [5.41, 5.74) is 0. The van der Waals surface area contributed by atoms with Crippen LogP contribution in [0, 0.1) is 16.0 Å².